The lowest BCUT2D eigenvalue weighted by atomic mass is 10.1. The van der Waals surface area contributed by atoms with Gasteiger partial charge in [-0.3, -0.25) is 0 Å². The molecule has 5 nitrogen and oxygen atoms in total. The highest BCUT2D eigenvalue weighted by atomic mass is 15.5. The third kappa shape index (κ3) is 6.80. The number of hydrogen-bond donors (Lipinski definition) is 1. The van der Waals surface area contributed by atoms with Crippen LogP contribution in [0.1, 0.15) is 64.1 Å². The van der Waals surface area contributed by atoms with Crippen molar-refractivity contribution >= 4 is 5.69 Å². The molecule has 1 heterocycles. The predicted molar refractivity (Wildman–Crippen MR) is 94.3 cm³/mol. The number of unbranched alkanes of at least 4 members (excludes halogenated alkanes) is 7. The molecule has 1 aromatic heterocycles. The first-order chi connectivity index (χ1) is 11.4. The van der Waals surface area contributed by atoms with Crippen LogP contribution in [-0.4, -0.2) is 27.2 Å². The number of tetrazole rings is 1. The Bertz CT molecular complexity index is 497. The summed E-state index contributed by atoms with van der Waals surface area (Å²) >= 11 is 0. The molecule has 1 N–H and O–H groups in total. The van der Waals surface area contributed by atoms with Gasteiger partial charge in [0.1, 0.15) is 0 Å². The van der Waals surface area contributed by atoms with E-state index >= 15 is 0 Å². The number of aromatic amines is 1. The average molecular weight is 315 g/mol. The van der Waals surface area contributed by atoms with Crippen molar-refractivity contribution < 1.29 is 0 Å². The van der Waals surface area contributed by atoms with Gasteiger partial charge < -0.3 is 4.90 Å². The number of benzene rings is 1. The highest BCUT2D eigenvalue weighted by Gasteiger charge is 2.09. The summed E-state index contributed by atoms with van der Waals surface area (Å²) < 4.78 is 0. The highest BCUT2D eigenvalue weighted by Crippen LogP contribution is 2.17. The number of anilines is 1. The molecule has 0 radical (unpaired) electrons. The van der Waals surface area contributed by atoms with Crippen LogP contribution in [0.4, 0.5) is 5.69 Å². The van der Waals surface area contributed by atoms with Gasteiger partial charge in [0.25, 0.3) is 0 Å². The molecule has 5 heteroatoms. The third-order valence-corrected chi connectivity index (χ3v) is 4.12. The summed E-state index contributed by atoms with van der Waals surface area (Å²) in [4.78, 5) is 2.34. The molecule has 0 aliphatic carbocycles. The number of rotatable bonds is 12. The molecule has 0 spiro atoms. The Kier molecular flexibility index (Phi) is 8.16. The van der Waals surface area contributed by atoms with E-state index in [0.29, 0.717) is 6.54 Å². The molecule has 0 amide bonds. The largest absolute Gasteiger partial charge is 0.364 e. The van der Waals surface area contributed by atoms with Gasteiger partial charge in [0.05, 0.1) is 6.54 Å². The zero-order valence-electron chi connectivity index (χ0n) is 14.2. The quantitative estimate of drug-likeness (QED) is 0.592. The summed E-state index contributed by atoms with van der Waals surface area (Å²) in [5.74, 6) is 0.744. The summed E-state index contributed by atoms with van der Waals surface area (Å²) in [6, 6.07) is 10.5. The SMILES string of the molecule is CCCCCCCCCCN(Cc1nn[nH]n1)c1ccccc1. The molecular formula is C18H29N5. The first-order valence-corrected chi connectivity index (χ1v) is 8.92. The number of nitrogens with zero attached hydrogens (tertiary/aromatic N) is 4. The Labute approximate surface area is 139 Å². The minimum absolute atomic E-state index is 0.705. The van der Waals surface area contributed by atoms with E-state index in [9.17, 15) is 0 Å². The van der Waals surface area contributed by atoms with Crippen LogP contribution in [0.3, 0.4) is 0 Å². The molecular weight excluding hydrogens is 286 g/mol. The maximum atomic E-state index is 4.08. The van der Waals surface area contributed by atoms with Gasteiger partial charge in [-0.25, -0.2) is 0 Å². The molecule has 1 aromatic carbocycles. The first kappa shape index (κ1) is 17.4. The van der Waals surface area contributed by atoms with Crippen molar-refractivity contribution in [2.45, 2.75) is 64.8 Å². The van der Waals surface area contributed by atoms with E-state index in [2.05, 4.69) is 56.7 Å². The fraction of sp³-hybridized carbons (Fsp3) is 0.611. The molecule has 23 heavy (non-hydrogen) atoms. The molecule has 0 atom stereocenters. The molecule has 0 fully saturated rings. The van der Waals surface area contributed by atoms with Gasteiger partial charge >= 0.3 is 0 Å². The second-order valence-corrected chi connectivity index (χ2v) is 6.06. The zero-order chi connectivity index (χ0) is 16.2. The van der Waals surface area contributed by atoms with Crippen molar-refractivity contribution in [3.8, 4) is 0 Å². The third-order valence-electron chi connectivity index (χ3n) is 4.12. The normalized spacial score (nSPS) is 10.8. The standard InChI is InChI=1S/C18H29N5/c1-2-3-4-5-6-7-8-12-15-23(16-18-19-21-22-20-18)17-13-10-9-11-14-17/h9-11,13-14H,2-8,12,15-16H2,1H3,(H,19,20,21,22). The monoisotopic (exact) mass is 315 g/mol. The maximum Gasteiger partial charge on any atom is 0.193 e. The van der Waals surface area contributed by atoms with Crippen LogP contribution < -0.4 is 4.90 Å². The fourth-order valence-electron chi connectivity index (χ4n) is 2.80. The summed E-state index contributed by atoms with van der Waals surface area (Å²) in [6.45, 7) is 4.01. The van der Waals surface area contributed by atoms with Gasteiger partial charge in [-0.2, -0.15) is 5.21 Å². The lowest BCUT2D eigenvalue weighted by Gasteiger charge is -2.23. The van der Waals surface area contributed by atoms with E-state index in [1.54, 1.807) is 0 Å². The van der Waals surface area contributed by atoms with Gasteiger partial charge in [-0.1, -0.05) is 75.3 Å². The molecule has 0 aliphatic rings. The lowest BCUT2D eigenvalue weighted by Crippen LogP contribution is -2.24. The number of hydrogen-bond acceptors (Lipinski definition) is 4. The van der Waals surface area contributed by atoms with E-state index in [1.807, 2.05) is 6.07 Å². The van der Waals surface area contributed by atoms with Crippen LogP contribution >= 0.6 is 0 Å². The van der Waals surface area contributed by atoms with Crippen LogP contribution in [0.15, 0.2) is 30.3 Å². The Balaban J connectivity index is 1.73. The van der Waals surface area contributed by atoms with Gasteiger partial charge in [-0.05, 0) is 18.6 Å². The topological polar surface area (TPSA) is 57.7 Å². The molecule has 2 aromatic rings. The van der Waals surface area contributed by atoms with E-state index < -0.39 is 0 Å². The van der Waals surface area contributed by atoms with Crippen LogP contribution in [0.25, 0.3) is 0 Å². The summed E-state index contributed by atoms with van der Waals surface area (Å²) in [5, 5.41) is 14.3. The highest BCUT2D eigenvalue weighted by molar-refractivity contribution is 5.45. The van der Waals surface area contributed by atoms with Crippen molar-refractivity contribution in [3.05, 3.63) is 36.2 Å². The average Bonchev–Trinajstić information content (AvgIpc) is 3.10. The van der Waals surface area contributed by atoms with E-state index in [4.69, 9.17) is 0 Å². The molecule has 0 saturated heterocycles. The van der Waals surface area contributed by atoms with Crippen LogP contribution in [0, 0.1) is 0 Å². The number of para-hydroxylation sites is 1. The molecule has 126 valence electrons. The van der Waals surface area contributed by atoms with E-state index in [1.165, 1.54) is 57.1 Å². The molecule has 0 saturated carbocycles. The van der Waals surface area contributed by atoms with Crippen molar-refractivity contribution in [1.29, 1.82) is 0 Å². The van der Waals surface area contributed by atoms with Gasteiger partial charge in [0, 0.05) is 12.2 Å². The summed E-state index contributed by atoms with van der Waals surface area (Å²) in [7, 11) is 0. The number of aromatic nitrogens is 4. The fourth-order valence-corrected chi connectivity index (χ4v) is 2.80. The van der Waals surface area contributed by atoms with E-state index in [0.717, 1.165) is 12.4 Å². The smallest absolute Gasteiger partial charge is 0.193 e. The van der Waals surface area contributed by atoms with Crippen LogP contribution in [-0.2, 0) is 6.54 Å². The number of nitrogens with one attached hydrogen (secondary N) is 1. The Morgan fingerprint density at radius 1 is 0.913 bits per heavy atom. The Morgan fingerprint density at radius 3 is 2.26 bits per heavy atom. The Morgan fingerprint density at radius 2 is 1.61 bits per heavy atom. The summed E-state index contributed by atoms with van der Waals surface area (Å²) in [5.41, 5.74) is 1.22. The Hall–Kier alpha value is -1.91. The van der Waals surface area contributed by atoms with Crippen molar-refractivity contribution in [2.75, 3.05) is 11.4 Å². The van der Waals surface area contributed by atoms with E-state index in [-0.39, 0.29) is 0 Å². The maximum absolute atomic E-state index is 4.08. The van der Waals surface area contributed by atoms with Gasteiger partial charge in [0.15, 0.2) is 5.82 Å². The minimum Gasteiger partial charge on any atom is -0.364 e. The molecule has 2 rings (SSSR count). The lowest BCUT2D eigenvalue weighted by molar-refractivity contribution is 0.569. The zero-order valence-corrected chi connectivity index (χ0v) is 14.2. The second kappa shape index (κ2) is 10.8. The van der Waals surface area contributed by atoms with Gasteiger partial charge in [0.2, 0.25) is 0 Å². The molecule has 0 unspecified atom stereocenters. The first-order valence-electron chi connectivity index (χ1n) is 8.92. The molecule has 0 aliphatic heterocycles. The predicted octanol–water partition coefficient (Wildman–Crippen LogP) is 4.35. The van der Waals surface area contributed by atoms with Crippen LogP contribution in [0.2, 0.25) is 0 Å². The van der Waals surface area contributed by atoms with Gasteiger partial charge in [-0.15, -0.1) is 10.2 Å². The van der Waals surface area contributed by atoms with Crippen molar-refractivity contribution in [2.24, 2.45) is 0 Å². The minimum atomic E-state index is 0.705. The molecule has 0 bridgehead atoms. The van der Waals surface area contributed by atoms with Crippen LogP contribution in [0.5, 0.6) is 0 Å². The number of H-pyrrole nitrogens is 1. The van der Waals surface area contributed by atoms with Crippen molar-refractivity contribution in [3.63, 3.8) is 0 Å². The summed E-state index contributed by atoms with van der Waals surface area (Å²) in [6.07, 6.45) is 10.7. The van der Waals surface area contributed by atoms with Crippen molar-refractivity contribution in [1.82, 2.24) is 20.6 Å². The second-order valence-electron chi connectivity index (χ2n) is 6.06.